The molecular weight excluding hydrogens is 246 g/mol. The molecule has 18 heavy (non-hydrogen) atoms. The van der Waals surface area contributed by atoms with Crippen LogP contribution in [0.15, 0.2) is 0 Å². The van der Waals surface area contributed by atoms with Gasteiger partial charge < -0.3 is 10.6 Å². The van der Waals surface area contributed by atoms with E-state index < -0.39 is 0 Å². The molecule has 2 rings (SSSR count). The monoisotopic (exact) mass is 267 g/mol. The molecule has 1 aliphatic heterocycles. The second-order valence-electron chi connectivity index (χ2n) is 5.42. The van der Waals surface area contributed by atoms with Crippen molar-refractivity contribution >= 4 is 22.4 Å². The van der Waals surface area contributed by atoms with Crippen LogP contribution in [0, 0.1) is 12.3 Å². The Morgan fingerprint density at radius 3 is 2.56 bits per heavy atom. The second kappa shape index (κ2) is 4.88. The van der Waals surface area contributed by atoms with E-state index >= 15 is 0 Å². The minimum absolute atomic E-state index is 0.0971. The number of piperidine rings is 1. The summed E-state index contributed by atoms with van der Waals surface area (Å²) in [5.41, 5.74) is 6.81. The van der Waals surface area contributed by atoms with Gasteiger partial charge in [-0.3, -0.25) is 4.79 Å². The van der Waals surface area contributed by atoms with Crippen molar-refractivity contribution < 1.29 is 4.79 Å². The molecule has 2 N–H and O–H groups in total. The molecule has 0 unspecified atom stereocenters. The molecular formula is C13H21N3OS. The van der Waals surface area contributed by atoms with E-state index in [1.54, 1.807) is 0 Å². The Morgan fingerprint density at radius 2 is 2.11 bits per heavy atom. The minimum Gasteiger partial charge on any atom is -0.375 e. The average molecular weight is 267 g/mol. The highest BCUT2D eigenvalue weighted by Crippen LogP contribution is 2.35. The first-order chi connectivity index (χ1) is 8.45. The van der Waals surface area contributed by atoms with Crippen LogP contribution in [0.3, 0.4) is 0 Å². The van der Waals surface area contributed by atoms with Crippen LogP contribution in [0.2, 0.25) is 0 Å². The van der Waals surface area contributed by atoms with Crippen LogP contribution in [-0.4, -0.2) is 28.9 Å². The van der Waals surface area contributed by atoms with Crippen molar-refractivity contribution in [2.75, 3.05) is 18.8 Å². The maximum absolute atomic E-state index is 12.4. The zero-order chi connectivity index (χ0) is 13.3. The van der Waals surface area contributed by atoms with E-state index in [-0.39, 0.29) is 5.91 Å². The van der Waals surface area contributed by atoms with Gasteiger partial charge in [-0.1, -0.05) is 31.6 Å². The largest absolute Gasteiger partial charge is 0.375 e. The van der Waals surface area contributed by atoms with Gasteiger partial charge in [-0.25, -0.2) is 4.98 Å². The summed E-state index contributed by atoms with van der Waals surface area (Å²) in [6.07, 6.45) is 3.35. The van der Waals surface area contributed by atoms with Gasteiger partial charge in [0.15, 0.2) is 5.13 Å². The van der Waals surface area contributed by atoms with Gasteiger partial charge in [0.1, 0.15) is 4.88 Å². The fraction of sp³-hybridized carbons (Fsp3) is 0.692. The Kier molecular flexibility index (Phi) is 3.61. The average Bonchev–Trinajstić information content (AvgIpc) is 2.69. The molecule has 2 heterocycles. The topological polar surface area (TPSA) is 59.2 Å². The van der Waals surface area contributed by atoms with Gasteiger partial charge in [0.05, 0.1) is 5.69 Å². The summed E-state index contributed by atoms with van der Waals surface area (Å²) in [5.74, 6) is 0.0971. The van der Waals surface area contributed by atoms with Crippen molar-refractivity contribution in [3.8, 4) is 0 Å². The van der Waals surface area contributed by atoms with E-state index in [1.807, 2.05) is 11.8 Å². The normalized spacial score (nSPS) is 18.9. The van der Waals surface area contributed by atoms with Crippen molar-refractivity contribution in [2.45, 2.75) is 40.0 Å². The molecule has 0 saturated carbocycles. The second-order valence-corrected chi connectivity index (χ2v) is 6.45. The Morgan fingerprint density at radius 1 is 1.50 bits per heavy atom. The molecule has 4 nitrogen and oxygen atoms in total. The van der Waals surface area contributed by atoms with Crippen LogP contribution < -0.4 is 5.73 Å². The van der Waals surface area contributed by atoms with E-state index in [2.05, 4.69) is 18.8 Å². The van der Waals surface area contributed by atoms with Crippen molar-refractivity contribution in [3.63, 3.8) is 0 Å². The Hall–Kier alpha value is -1.10. The summed E-state index contributed by atoms with van der Waals surface area (Å²) < 4.78 is 0. The summed E-state index contributed by atoms with van der Waals surface area (Å²) in [4.78, 5) is 19.1. The number of aryl methyl sites for hydroxylation is 1. The molecule has 0 radical (unpaired) electrons. The smallest absolute Gasteiger partial charge is 0.265 e. The number of hydrogen-bond donors (Lipinski definition) is 1. The highest BCUT2D eigenvalue weighted by Gasteiger charge is 2.31. The number of rotatable bonds is 2. The van der Waals surface area contributed by atoms with E-state index in [0.29, 0.717) is 15.4 Å². The molecule has 1 amide bonds. The Balaban J connectivity index is 2.06. The number of nitrogen functional groups attached to an aromatic ring is 1. The molecule has 1 aromatic rings. The quantitative estimate of drug-likeness (QED) is 0.896. The van der Waals surface area contributed by atoms with Gasteiger partial charge >= 0.3 is 0 Å². The van der Waals surface area contributed by atoms with Crippen LogP contribution in [0.25, 0.3) is 0 Å². The summed E-state index contributed by atoms with van der Waals surface area (Å²) in [6, 6.07) is 0. The first-order valence-corrected chi connectivity index (χ1v) is 7.29. The molecule has 1 aromatic heterocycles. The lowest BCUT2D eigenvalue weighted by molar-refractivity contribution is 0.0604. The van der Waals surface area contributed by atoms with Crippen molar-refractivity contribution in [3.05, 3.63) is 10.6 Å². The van der Waals surface area contributed by atoms with E-state index in [0.717, 1.165) is 31.6 Å². The fourth-order valence-corrected chi connectivity index (χ4v) is 3.16. The van der Waals surface area contributed by atoms with Crippen molar-refractivity contribution in [2.24, 2.45) is 5.41 Å². The van der Waals surface area contributed by atoms with E-state index in [4.69, 9.17) is 5.73 Å². The SMILES string of the molecule is CCC1(C)CCN(C(=O)c2sc(N)nc2C)CC1. The zero-order valence-electron chi connectivity index (χ0n) is 11.3. The van der Waals surface area contributed by atoms with Gasteiger partial charge in [-0.2, -0.15) is 0 Å². The van der Waals surface area contributed by atoms with Gasteiger partial charge in [0, 0.05) is 13.1 Å². The summed E-state index contributed by atoms with van der Waals surface area (Å²) in [5, 5.41) is 0.478. The Labute approximate surface area is 112 Å². The van der Waals surface area contributed by atoms with Gasteiger partial charge in [-0.15, -0.1) is 0 Å². The molecule has 0 spiro atoms. The van der Waals surface area contributed by atoms with Crippen molar-refractivity contribution in [1.82, 2.24) is 9.88 Å². The molecule has 0 aliphatic carbocycles. The standard InChI is InChI=1S/C13H21N3OS/c1-4-13(3)5-7-16(8-6-13)11(17)10-9(2)15-12(14)18-10/h4-8H2,1-3H3,(H2,14,15). The van der Waals surface area contributed by atoms with Gasteiger partial charge in [0.2, 0.25) is 0 Å². The maximum Gasteiger partial charge on any atom is 0.265 e. The molecule has 0 atom stereocenters. The predicted molar refractivity (Wildman–Crippen MR) is 74.8 cm³/mol. The number of carbonyl (C=O) groups is 1. The lowest BCUT2D eigenvalue weighted by Gasteiger charge is -2.38. The summed E-state index contributed by atoms with van der Waals surface area (Å²) in [7, 11) is 0. The van der Waals surface area contributed by atoms with Crippen LogP contribution in [0.5, 0.6) is 0 Å². The van der Waals surface area contributed by atoms with E-state index in [9.17, 15) is 4.79 Å². The number of amides is 1. The van der Waals surface area contributed by atoms with Gasteiger partial charge in [0.25, 0.3) is 5.91 Å². The third-order valence-electron chi connectivity index (χ3n) is 4.12. The highest BCUT2D eigenvalue weighted by molar-refractivity contribution is 7.17. The number of nitrogens with two attached hydrogens (primary N) is 1. The first kappa shape index (κ1) is 13.3. The first-order valence-electron chi connectivity index (χ1n) is 6.47. The third kappa shape index (κ3) is 2.51. The lowest BCUT2D eigenvalue weighted by Crippen LogP contribution is -2.41. The van der Waals surface area contributed by atoms with E-state index in [1.165, 1.54) is 17.8 Å². The number of carbonyl (C=O) groups excluding carboxylic acids is 1. The third-order valence-corrected chi connectivity index (χ3v) is 5.09. The molecule has 1 fully saturated rings. The van der Waals surface area contributed by atoms with Crippen LogP contribution >= 0.6 is 11.3 Å². The number of hydrogen-bond acceptors (Lipinski definition) is 4. The maximum atomic E-state index is 12.4. The molecule has 1 aliphatic rings. The number of nitrogens with zero attached hydrogens (tertiary/aromatic N) is 2. The number of anilines is 1. The summed E-state index contributed by atoms with van der Waals surface area (Å²) in [6.45, 7) is 8.08. The number of aromatic nitrogens is 1. The molecule has 1 saturated heterocycles. The van der Waals surface area contributed by atoms with Gasteiger partial charge in [-0.05, 0) is 25.2 Å². The van der Waals surface area contributed by atoms with Crippen LogP contribution in [0.4, 0.5) is 5.13 Å². The molecule has 5 heteroatoms. The molecule has 100 valence electrons. The number of thiazole rings is 1. The molecule has 0 bridgehead atoms. The number of likely N-dealkylation sites (tertiary alicyclic amines) is 1. The molecule has 0 aromatic carbocycles. The van der Waals surface area contributed by atoms with Crippen molar-refractivity contribution in [1.29, 1.82) is 0 Å². The summed E-state index contributed by atoms with van der Waals surface area (Å²) >= 11 is 1.30. The highest BCUT2D eigenvalue weighted by atomic mass is 32.1. The minimum atomic E-state index is 0.0971. The predicted octanol–water partition coefficient (Wildman–Crippen LogP) is 2.69. The van der Waals surface area contributed by atoms with Crippen LogP contribution in [0.1, 0.15) is 48.5 Å². The van der Waals surface area contributed by atoms with Crippen LogP contribution in [-0.2, 0) is 0 Å². The Bertz CT molecular complexity index is 447. The lowest BCUT2D eigenvalue weighted by atomic mass is 9.78. The fourth-order valence-electron chi connectivity index (χ4n) is 2.36. The zero-order valence-corrected chi connectivity index (χ0v) is 12.1.